The first-order valence-corrected chi connectivity index (χ1v) is 7.56. The lowest BCUT2D eigenvalue weighted by atomic mass is 10.1. The van der Waals surface area contributed by atoms with Crippen LogP contribution in [-0.4, -0.2) is 24.1 Å². The maximum Gasteiger partial charge on any atom is 0.257 e. The largest absolute Gasteiger partial charge is 0.493 e. The molecule has 1 amide bonds. The Morgan fingerprint density at radius 3 is 3.00 bits per heavy atom. The van der Waals surface area contributed by atoms with Gasteiger partial charge in [0.25, 0.3) is 5.91 Å². The Morgan fingerprint density at radius 1 is 1.52 bits per heavy atom. The van der Waals surface area contributed by atoms with Gasteiger partial charge in [-0.15, -0.1) is 11.3 Å². The molecule has 1 atom stereocenters. The lowest BCUT2D eigenvalue weighted by Gasteiger charge is -2.10. The Labute approximate surface area is 126 Å². The van der Waals surface area contributed by atoms with Crippen molar-refractivity contribution in [3.63, 3.8) is 0 Å². The molecule has 6 heteroatoms. The summed E-state index contributed by atoms with van der Waals surface area (Å²) in [7, 11) is 1.58. The number of nitrogens with one attached hydrogen (secondary N) is 1. The van der Waals surface area contributed by atoms with E-state index in [4.69, 9.17) is 9.47 Å². The summed E-state index contributed by atoms with van der Waals surface area (Å²) in [5, 5.41) is 5.30. The van der Waals surface area contributed by atoms with Crippen molar-refractivity contribution < 1.29 is 14.3 Å². The van der Waals surface area contributed by atoms with E-state index in [9.17, 15) is 4.79 Å². The van der Waals surface area contributed by atoms with Crippen LogP contribution in [0.3, 0.4) is 0 Å². The molecule has 0 saturated carbocycles. The predicted molar refractivity (Wildman–Crippen MR) is 81.6 cm³/mol. The van der Waals surface area contributed by atoms with Crippen LogP contribution < -0.4 is 14.8 Å². The summed E-state index contributed by atoms with van der Waals surface area (Å²) in [4.78, 5) is 16.6. The number of fused-ring (bicyclic) bond motifs is 1. The van der Waals surface area contributed by atoms with E-state index in [2.05, 4.69) is 10.3 Å². The molecule has 0 saturated heterocycles. The molecular weight excluding hydrogens is 288 g/mol. The van der Waals surface area contributed by atoms with Crippen molar-refractivity contribution in [3.05, 3.63) is 34.3 Å². The fourth-order valence-corrected chi connectivity index (χ4v) is 3.04. The highest BCUT2D eigenvalue weighted by molar-refractivity contribution is 7.13. The molecule has 21 heavy (non-hydrogen) atoms. The number of methoxy groups -OCH3 is 1. The van der Waals surface area contributed by atoms with Gasteiger partial charge >= 0.3 is 0 Å². The molecule has 0 spiro atoms. The number of nitrogens with zero attached hydrogens (tertiary/aromatic N) is 1. The zero-order valence-corrected chi connectivity index (χ0v) is 12.9. The van der Waals surface area contributed by atoms with Crippen molar-refractivity contribution in [3.8, 4) is 11.5 Å². The monoisotopic (exact) mass is 304 g/mol. The molecule has 5 nitrogen and oxygen atoms in total. The van der Waals surface area contributed by atoms with Gasteiger partial charge in [-0.05, 0) is 26.0 Å². The summed E-state index contributed by atoms with van der Waals surface area (Å²) < 4.78 is 11.1. The second kappa shape index (κ2) is 5.37. The zero-order valence-electron chi connectivity index (χ0n) is 12.1. The summed E-state index contributed by atoms with van der Waals surface area (Å²) >= 11 is 1.41. The Morgan fingerprint density at radius 2 is 2.33 bits per heavy atom. The number of carbonyl (C=O) groups is 1. The molecule has 1 aliphatic heterocycles. The van der Waals surface area contributed by atoms with Crippen molar-refractivity contribution in [1.29, 1.82) is 0 Å². The molecule has 0 radical (unpaired) electrons. The molecule has 1 aromatic carbocycles. The third-order valence-corrected chi connectivity index (χ3v) is 4.16. The highest BCUT2D eigenvalue weighted by atomic mass is 32.1. The molecule has 3 rings (SSSR count). The Bertz CT molecular complexity index is 696. The van der Waals surface area contributed by atoms with Crippen molar-refractivity contribution in [2.24, 2.45) is 0 Å². The molecule has 0 unspecified atom stereocenters. The molecule has 1 N–H and O–H groups in total. The lowest BCUT2D eigenvalue weighted by molar-refractivity contribution is 0.102. The normalized spacial score (nSPS) is 16.2. The highest BCUT2D eigenvalue weighted by Crippen LogP contribution is 2.39. The van der Waals surface area contributed by atoms with Crippen LogP contribution in [0.2, 0.25) is 0 Å². The van der Waals surface area contributed by atoms with Gasteiger partial charge in [0.2, 0.25) is 0 Å². The molecule has 0 fully saturated rings. The second-order valence-electron chi connectivity index (χ2n) is 5.05. The van der Waals surface area contributed by atoms with Gasteiger partial charge < -0.3 is 9.47 Å². The Balaban J connectivity index is 1.89. The van der Waals surface area contributed by atoms with E-state index in [1.807, 2.05) is 25.3 Å². The first-order valence-electron chi connectivity index (χ1n) is 6.68. The summed E-state index contributed by atoms with van der Waals surface area (Å²) in [6.45, 7) is 3.89. The third-order valence-electron chi connectivity index (χ3n) is 3.28. The lowest BCUT2D eigenvalue weighted by Crippen LogP contribution is -2.12. The highest BCUT2D eigenvalue weighted by Gasteiger charge is 2.25. The predicted octanol–water partition coefficient (Wildman–Crippen LogP) is 3.04. The summed E-state index contributed by atoms with van der Waals surface area (Å²) in [5.41, 5.74) is 2.45. The van der Waals surface area contributed by atoms with Crippen LogP contribution in [0.4, 0.5) is 5.13 Å². The third kappa shape index (κ3) is 2.71. The maximum absolute atomic E-state index is 12.3. The minimum absolute atomic E-state index is 0.105. The zero-order chi connectivity index (χ0) is 15.0. The molecule has 0 aliphatic carbocycles. The molecule has 1 aliphatic rings. The fraction of sp³-hybridized carbons (Fsp3) is 0.333. The average molecular weight is 304 g/mol. The number of hydrogen-bond donors (Lipinski definition) is 1. The van der Waals surface area contributed by atoms with Crippen LogP contribution >= 0.6 is 11.3 Å². The second-order valence-corrected chi connectivity index (χ2v) is 5.91. The van der Waals surface area contributed by atoms with Crippen LogP contribution in [0.25, 0.3) is 0 Å². The number of thiazole rings is 1. The van der Waals surface area contributed by atoms with E-state index < -0.39 is 0 Å². The number of carbonyl (C=O) groups excluding carboxylic acids is 1. The van der Waals surface area contributed by atoms with Gasteiger partial charge in [0.05, 0.1) is 12.8 Å². The number of aromatic nitrogens is 1. The van der Waals surface area contributed by atoms with Crippen LogP contribution in [0.5, 0.6) is 11.5 Å². The number of ether oxygens (including phenoxy) is 2. The van der Waals surface area contributed by atoms with Gasteiger partial charge in [-0.25, -0.2) is 4.98 Å². The van der Waals surface area contributed by atoms with Crippen LogP contribution in [0, 0.1) is 6.92 Å². The number of aryl methyl sites for hydroxylation is 1. The fourth-order valence-electron chi connectivity index (χ4n) is 2.36. The Hall–Kier alpha value is -2.08. The molecule has 2 aromatic rings. The topological polar surface area (TPSA) is 60.5 Å². The van der Waals surface area contributed by atoms with E-state index in [0.717, 1.165) is 23.4 Å². The average Bonchev–Trinajstić information content (AvgIpc) is 3.02. The maximum atomic E-state index is 12.3. The smallest absolute Gasteiger partial charge is 0.257 e. The van der Waals surface area contributed by atoms with E-state index >= 15 is 0 Å². The molecule has 1 aromatic heterocycles. The quantitative estimate of drug-likeness (QED) is 0.947. The number of hydrogen-bond acceptors (Lipinski definition) is 5. The summed E-state index contributed by atoms with van der Waals surface area (Å²) in [6.07, 6.45) is 0.886. The molecular formula is C15H16N2O3S. The van der Waals surface area contributed by atoms with Crippen molar-refractivity contribution in [2.45, 2.75) is 26.4 Å². The minimum atomic E-state index is -0.190. The number of amides is 1. The van der Waals surface area contributed by atoms with Crippen LogP contribution in [0.1, 0.15) is 28.5 Å². The number of benzene rings is 1. The van der Waals surface area contributed by atoms with Crippen LogP contribution in [-0.2, 0) is 6.42 Å². The van der Waals surface area contributed by atoms with Crippen molar-refractivity contribution in [2.75, 3.05) is 12.4 Å². The first kappa shape index (κ1) is 13.9. The van der Waals surface area contributed by atoms with Gasteiger partial charge in [-0.1, -0.05) is 0 Å². The van der Waals surface area contributed by atoms with Gasteiger partial charge in [0.1, 0.15) is 6.10 Å². The van der Waals surface area contributed by atoms with Crippen LogP contribution in [0.15, 0.2) is 17.5 Å². The van der Waals surface area contributed by atoms with Crippen molar-refractivity contribution >= 4 is 22.4 Å². The van der Waals surface area contributed by atoms with E-state index in [-0.39, 0.29) is 12.0 Å². The molecule has 0 bridgehead atoms. The van der Waals surface area contributed by atoms with Gasteiger partial charge in [0, 0.05) is 22.9 Å². The van der Waals surface area contributed by atoms with E-state index in [1.165, 1.54) is 11.3 Å². The van der Waals surface area contributed by atoms with Gasteiger partial charge in [0.15, 0.2) is 16.6 Å². The first-order chi connectivity index (χ1) is 10.1. The molecule has 110 valence electrons. The van der Waals surface area contributed by atoms with E-state index in [1.54, 1.807) is 13.2 Å². The minimum Gasteiger partial charge on any atom is -0.493 e. The Kier molecular flexibility index (Phi) is 3.55. The van der Waals surface area contributed by atoms with Gasteiger partial charge in [-0.2, -0.15) is 0 Å². The van der Waals surface area contributed by atoms with Gasteiger partial charge in [-0.3, -0.25) is 10.1 Å². The SMILES string of the molecule is COc1cc(C(=O)Nc2nc(C)cs2)cc2c1O[C@@H](C)C2. The summed E-state index contributed by atoms with van der Waals surface area (Å²) in [6, 6.07) is 3.56. The number of anilines is 1. The van der Waals surface area contributed by atoms with E-state index in [0.29, 0.717) is 16.4 Å². The molecule has 2 heterocycles. The summed E-state index contributed by atoms with van der Waals surface area (Å²) in [5.74, 6) is 1.15. The number of rotatable bonds is 3. The van der Waals surface area contributed by atoms with Crippen molar-refractivity contribution in [1.82, 2.24) is 4.98 Å². The standard InChI is InChI=1S/C15H16N2O3S/c1-8-7-21-15(16-8)17-14(18)11-5-10-4-9(2)20-13(10)12(6-11)19-3/h5-7,9H,4H2,1-3H3,(H,16,17,18)/t9-/m0/s1.